The van der Waals surface area contributed by atoms with Crippen molar-refractivity contribution >= 4 is 29.0 Å². The molecule has 0 fully saturated rings. The fourth-order valence-corrected chi connectivity index (χ4v) is 4.31. The van der Waals surface area contributed by atoms with E-state index in [0.29, 0.717) is 17.9 Å². The van der Waals surface area contributed by atoms with Crippen molar-refractivity contribution in [2.45, 2.75) is 39.0 Å². The first kappa shape index (κ1) is 17.9. The maximum absolute atomic E-state index is 13.2. The minimum Gasteiger partial charge on any atom is -0.294 e. The minimum absolute atomic E-state index is 0.00313. The molecule has 2 heterocycles. The molecule has 1 amide bonds. The highest BCUT2D eigenvalue weighted by molar-refractivity contribution is 6.30. The van der Waals surface area contributed by atoms with Crippen LogP contribution in [0.3, 0.4) is 0 Å². The highest BCUT2D eigenvalue weighted by Crippen LogP contribution is 2.48. The average Bonchev–Trinajstić information content (AvgIpc) is 2.62. The lowest BCUT2D eigenvalue weighted by atomic mass is 9.69. The van der Waals surface area contributed by atoms with Crippen LogP contribution in [-0.2, 0) is 9.59 Å². The molecule has 27 heavy (non-hydrogen) atoms. The number of aromatic nitrogens is 1. The SMILES string of the molecule is CC1(C)CC(=O)C2=C(C1)N(c1ccc(Cl)cc1)C(=O)CC2c1ccncc1. The number of anilines is 1. The normalized spacial score (nSPS) is 22.0. The van der Waals surface area contributed by atoms with E-state index in [1.807, 2.05) is 24.3 Å². The number of Topliss-reactive ketones (excluding diaryl/α,β-unsaturated/α-hetero) is 1. The average molecular weight is 381 g/mol. The fraction of sp³-hybridized carbons (Fsp3) is 0.318. The summed E-state index contributed by atoms with van der Waals surface area (Å²) in [6.45, 7) is 4.16. The Labute approximate surface area is 163 Å². The Hall–Kier alpha value is -2.46. The number of pyridine rings is 1. The zero-order valence-corrected chi connectivity index (χ0v) is 16.2. The van der Waals surface area contributed by atoms with Gasteiger partial charge >= 0.3 is 0 Å². The van der Waals surface area contributed by atoms with Crippen LogP contribution in [0.4, 0.5) is 5.69 Å². The summed E-state index contributed by atoms with van der Waals surface area (Å²) in [5, 5.41) is 0.618. The number of allylic oxidation sites excluding steroid dienone is 2. The van der Waals surface area contributed by atoms with E-state index >= 15 is 0 Å². The number of hydrogen-bond acceptors (Lipinski definition) is 3. The van der Waals surface area contributed by atoms with Gasteiger partial charge in [-0.2, -0.15) is 0 Å². The molecule has 1 aromatic carbocycles. The van der Waals surface area contributed by atoms with E-state index < -0.39 is 0 Å². The van der Waals surface area contributed by atoms with Gasteiger partial charge in [-0.1, -0.05) is 25.4 Å². The first-order chi connectivity index (χ1) is 12.9. The van der Waals surface area contributed by atoms with E-state index in [-0.39, 0.29) is 29.4 Å². The van der Waals surface area contributed by atoms with Crippen LogP contribution < -0.4 is 4.90 Å². The predicted octanol–water partition coefficient (Wildman–Crippen LogP) is 4.90. The number of nitrogens with zero attached hydrogens (tertiary/aromatic N) is 2. The molecular weight excluding hydrogens is 360 g/mol. The van der Waals surface area contributed by atoms with Crippen molar-refractivity contribution in [3.63, 3.8) is 0 Å². The lowest BCUT2D eigenvalue weighted by Gasteiger charge is -2.43. The number of rotatable bonds is 2. The van der Waals surface area contributed by atoms with E-state index in [1.54, 1.807) is 29.4 Å². The van der Waals surface area contributed by atoms with Crippen LogP contribution in [0.5, 0.6) is 0 Å². The molecule has 1 atom stereocenters. The second kappa shape index (κ2) is 6.61. The molecule has 4 rings (SSSR count). The summed E-state index contributed by atoms with van der Waals surface area (Å²) in [6.07, 6.45) is 4.88. The minimum atomic E-state index is -0.206. The summed E-state index contributed by atoms with van der Waals surface area (Å²) in [5.74, 6) is -0.0689. The number of amides is 1. The number of halogens is 1. The molecule has 138 valence electrons. The predicted molar refractivity (Wildman–Crippen MR) is 106 cm³/mol. The van der Waals surface area contributed by atoms with Crippen molar-refractivity contribution < 1.29 is 9.59 Å². The summed E-state index contributed by atoms with van der Waals surface area (Å²) < 4.78 is 0. The van der Waals surface area contributed by atoms with E-state index in [1.165, 1.54) is 0 Å². The number of benzene rings is 1. The van der Waals surface area contributed by atoms with Crippen molar-refractivity contribution in [3.05, 3.63) is 70.6 Å². The Morgan fingerprint density at radius 2 is 1.70 bits per heavy atom. The third-order valence-corrected chi connectivity index (χ3v) is 5.59. The van der Waals surface area contributed by atoms with Gasteiger partial charge in [-0.25, -0.2) is 0 Å². The number of carbonyl (C=O) groups excluding carboxylic acids is 2. The molecule has 0 spiro atoms. The molecule has 0 N–H and O–H groups in total. The van der Waals surface area contributed by atoms with E-state index in [2.05, 4.69) is 18.8 Å². The van der Waals surface area contributed by atoms with Gasteiger partial charge < -0.3 is 0 Å². The van der Waals surface area contributed by atoms with Gasteiger partial charge in [0.15, 0.2) is 5.78 Å². The monoisotopic (exact) mass is 380 g/mol. The van der Waals surface area contributed by atoms with Crippen LogP contribution in [0.25, 0.3) is 0 Å². The molecule has 1 aliphatic heterocycles. The first-order valence-corrected chi connectivity index (χ1v) is 9.48. The van der Waals surface area contributed by atoms with Crippen molar-refractivity contribution in [3.8, 4) is 0 Å². The lowest BCUT2D eigenvalue weighted by Crippen LogP contribution is -2.43. The van der Waals surface area contributed by atoms with Crippen molar-refractivity contribution in [2.24, 2.45) is 5.41 Å². The molecule has 0 bridgehead atoms. The van der Waals surface area contributed by atoms with Crippen molar-refractivity contribution in [1.29, 1.82) is 0 Å². The van der Waals surface area contributed by atoms with Crippen molar-refractivity contribution in [2.75, 3.05) is 4.90 Å². The van der Waals surface area contributed by atoms with Gasteiger partial charge in [0.05, 0.1) is 0 Å². The van der Waals surface area contributed by atoms with E-state index in [0.717, 1.165) is 22.5 Å². The number of carbonyl (C=O) groups is 2. The molecule has 5 heteroatoms. The molecule has 0 saturated heterocycles. The fourth-order valence-electron chi connectivity index (χ4n) is 4.19. The smallest absolute Gasteiger partial charge is 0.232 e. The molecule has 0 saturated carbocycles. The lowest BCUT2D eigenvalue weighted by molar-refractivity contribution is -0.121. The van der Waals surface area contributed by atoms with Crippen LogP contribution >= 0.6 is 11.6 Å². The molecule has 1 aliphatic carbocycles. The third kappa shape index (κ3) is 3.30. The summed E-state index contributed by atoms with van der Waals surface area (Å²) in [4.78, 5) is 32.1. The Morgan fingerprint density at radius 3 is 2.37 bits per heavy atom. The molecule has 2 aromatic rings. The zero-order chi connectivity index (χ0) is 19.2. The molecule has 4 nitrogen and oxygen atoms in total. The van der Waals surface area contributed by atoms with Gasteiger partial charge in [0.1, 0.15) is 0 Å². The van der Waals surface area contributed by atoms with Gasteiger partial charge in [0.25, 0.3) is 0 Å². The van der Waals surface area contributed by atoms with Crippen LogP contribution in [0, 0.1) is 5.41 Å². The summed E-state index contributed by atoms with van der Waals surface area (Å²) >= 11 is 6.02. The quantitative estimate of drug-likeness (QED) is 0.744. The van der Waals surface area contributed by atoms with Crippen LogP contribution in [-0.4, -0.2) is 16.7 Å². The summed E-state index contributed by atoms with van der Waals surface area (Å²) in [5.41, 5.74) is 3.15. The third-order valence-electron chi connectivity index (χ3n) is 5.34. The Bertz CT molecular complexity index is 933. The highest BCUT2D eigenvalue weighted by atomic mass is 35.5. The van der Waals surface area contributed by atoms with Gasteiger partial charge in [0.2, 0.25) is 5.91 Å². The molecule has 0 radical (unpaired) electrons. The van der Waals surface area contributed by atoms with Gasteiger partial charge in [-0.05, 0) is 53.8 Å². The highest BCUT2D eigenvalue weighted by Gasteiger charge is 2.44. The molecular formula is C22H21ClN2O2. The van der Waals surface area contributed by atoms with E-state index in [9.17, 15) is 9.59 Å². The Kier molecular flexibility index (Phi) is 4.39. The largest absolute Gasteiger partial charge is 0.294 e. The maximum atomic E-state index is 13.2. The van der Waals surface area contributed by atoms with Crippen molar-refractivity contribution in [1.82, 2.24) is 4.98 Å². The van der Waals surface area contributed by atoms with Gasteiger partial charge in [-0.3, -0.25) is 19.5 Å². The molecule has 1 aromatic heterocycles. The van der Waals surface area contributed by atoms with Crippen LogP contribution in [0.2, 0.25) is 5.02 Å². The standard InChI is InChI=1S/C22H21ClN2O2/c1-22(2)12-18-21(19(26)13-22)17(14-7-9-24-10-8-14)11-20(27)25(18)16-5-3-15(23)4-6-16/h3-10,17H,11-13H2,1-2H3. The summed E-state index contributed by atoms with van der Waals surface area (Å²) in [7, 11) is 0. The maximum Gasteiger partial charge on any atom is 0.232 e. The Balaban J connectivity index is 1.89. The number of hydrogen-bond donors (Lipinski definition) is 0. The topological polar surface area (TPSA) is 50.3 Å². The second-order valence-electron chi connectivity index (χ2n) is 8.04. The second-order valence-corrected chi connectivity index (χ2v) is 8.48. The van der Waals surface area contributed by atoms with Crippen LogP contribution in [0.1, 0.15) is 44.6 Å². The first-order valence-electron chi connectivity index (χ1n) is 9.10. The zero-order valence-electron chi connectivity index (χ0n) is 15.4. The number of ketones is 1. The van der Waals surface area contributed by atoms with Gasteiger partial charge in [-0.15, -0.1) is 0 Å². The summed E-state index contributed by atoms with van der Waals surface area (Å²) in [6, 6.07) is 11.0. The Morgan fingerprint density at radius 1 is 1.04 bits per heavy atom. The van der Waals surface area contributed by atoms with Crippen LogP contribution in [0.15, 0.2) is 60.1 Å². The molecule has 1 unspecified atom stereocenters. The molecule has 2 aliphatic rings. The van der Waals surface area contributed by atoms with Gasteiger partial charge in [0, 0.05) is 53.1 Å². The van der Waals surface area contributed by atoms with E-state index in [4.69, 9.17) is 11.6 Å².